The summed E-state index contributed by atoms with van der Waals surface area (Å²) in [5.74, 6) is -0.151. The molecule has 0 aliphatic heterocycles. The summed E-state index contributed by atoms with van der Waals surface area (Å²) in [6.07, 6.45) is 0. The number of halogens is 3. The molecule has 0 saturated heterocycles. The van der Waals surface area contributed by atoms with Crippen LogP contribution in [0.3, 0.4) is 0 Å². The third-order valence-corrected chi connectivity index (χ3v) is 6.19. The first-order chi connectivity index (χ1) is 16.7. The first-order valence-electron chi connectivity index (χ1n) is 10.2. The maximum atomic E-state index is 12.4. The van der Waals surface area contributed by atoms with E-state index in [1.165, 1.54) is 12.1 Å². The quantitative estimate of drug-likeness (QED) is 0.201. The van der Waals surface area contributed by atoms with Crippen molar-refractivity contribution in [3.8, 4) is 11.5 Å². The highest BCUT2D eigenvalue weighted by Gasteiger charge is 2.48. The molecule has 0 fully saturated rings. The molecule has 0 bridgehead atoms. The molecular formula is C25H15F3O6S. The standard InChI is InChI=1S/C13H7F3O4S.C12H8O2/c14-13(15,16)21(17,18)20-11-7-3-6-10-12(11)8-4-1-2-5-9(8)19-10;13-9-5-3-7-11-12(9)8-4-1-2-6-10(8)14-11/h1-7H;1-7,13H. The number of alkyl halides is 3. The van der Waals surface area contributed by atoms with Gasteiger partial charge in [-0.3, -0.25) is 0 Å². The summed E-state index contributed by atoms with van der Waals surface area (Å²) in [7, 11) is -5.73. The van der Waals surface area contributed by atoms with Crippen LogP contribution in [0.15, 0.2) is 93.8 Å². The van der Waals surface area contributed by atoms with E-state index in [4.69, 9.17) is 8.83 Å². The third kappa shape index (κ3) is 4.01. The van der Waals surface area contributed by atoms with Crippen molar-refractivity contribution in [3.63, 3.8) is 0 Å². The second-order valence-electron chi connectivity index (χ2n) is 7.46. The van der Waals surface area contributed by atoms with Gasteiger partial charge in [-0.2, -0.15) is 21.6 Å². The summed E-state index contributed by atoms with van der Waals surface area (Å²) in [5, 5.41) is 12.1. The van der Waals surface area contributed by atoms with Gasteiger partial charge in [-0.05, 0) is 36.4 Å². The van der Waals surface area contributed by atoms with Crippen LogP contribution in [0.5, 0.6) is 11.5 Å². The van der Waals surface area contributed by atoms with Gasteiger partial charge in [-0.25, -0.2) is 0 Å². The molecule has 2 aromatic heterocycles. The molecule has 1 N–H and O–H groups in total. The maximum absolute atomic E-state index is 12.4. The number of benzene rings is 4. The van der Waals surface area contributed by atoms with Gasteiger partial charge in [0.05, 0.1) is 10.8 Å². The van der Waals surface area contributed by atoms with Gasteiger partial charge in [0.25, 0.3) is 0 Å². The van der Waals surface area contributed by atoms with Crippen LogP contribution in [-0.2, 0) is 10.1 Å². The summed E-state index contributed by atoms with van der Waals surface area (Å²) >= 11 is 0. The van der Waals surface area contributed by atoms with Gasteiger partial charge in [-0.1, -0.05) is 48.5 Å². The molecule has 35 heavy (non-hydrogen) atoms. The molecule has 0 aliphatic carbocycles. The molecule has 178 valence electrons. The molecule has 6 aromatic rings. The number of phenols is 1. The van der Waals surface area contributed by atoms with Crippen LogP contribution in [0.4, 0.5) is 13.2 Å². The normalized spacial score (nSPS) is 12.2. The number of rotatable bonds is 2. The number of hydrogen-bond donors (Lipinski definition) is 1. The lowest BCUT2D eigenvalue weighted by Crippen LogP contribution is -2.28. The van der Waals surface area contributed by atoms with Gasteiger partial charge in [0.15, 0.2) is 5.75 Å². The number of para-hydroxylation sites is 2. The summed E-state index contributed by atoms with van der Waals surface area (Å²) in [4.78, 5) is 0. The molecule has 0 atom stereocenters. The van der Waals surface area contributed by atoms with E-state index in [1.807, 2.05) is 30.3 Å². The minimum Gasteiger partial charge on any atom is -0.507 e. The zero-order chi connectivity index (χ0) is 24.8. The fraction of sp³-hybridized carbons (Fsp3) is 0.0400. The number of furan rings is 2. The predicted molar refractivity (Wildman–Crippen MR) is 125 cm³/mol. The lowest BCUT2D eigenvalue weighted by molar-refractivity contribution is -0.0499. The Hall–Kier alpha value is -4.18. The van der Waals surface area contributed by atoms with Crippen LogP contribution in [0.2, 0.25) is 0 Å². The van der Waals surface area contributed by atoms with Crippen LogP contribution < -0.4 is 4.18 Å². The molecular weight excluding hydrogens is 485 g/mol. The Balaban J connectivity index is 0.000000156. The Kier molecular flexibility index (Phi) is 5.32. The minimum atomic E-state index is -5.73. The first-order valence-corrected chi connectivity index (χ1v) is 11.6. The van der Waals surface area contributed by atoms with Crippen molar-refractivity contribution in [3.05, 3.63) is 84.9 Å². The highest BCUT2D eigenvalue weighted by atomic mass is 32.2. The fourth-order valence-electron chi connectivity index (χ4n) is 3.73. The number of fused-ring (bicyclic) bond motifs is 6. The molecule has 6 rings (SSSR count). The molecule has 4 aromatic carbocycles. The first kappa shape index (κ1) is 22.6. The molecule has 10 heteroatoms. The molecule has 0 radical (unpaired) electrons. The van der Waals surface area contributed by atoms with Crippen LogP contribution in [0.25, 0.3) is 43.9 Å². The highest BCUT2D eigenvalue weighted by Crippen LogP contribution is 2.38. The third-order valence-electron chi connectivity index (χ3n) is 5.23. The van der Waals surface area contributed by atoms with Crippen LogP contribution in [0, 0.1) is 0 Å². The Morgan fingerprint density at radius 1 is 0.657 bits per heavy atom. The molecule has 0 spiro atoms. The molecule has 2 heterocycles. The van der Waals surface area contributed by atoms with Gasteiger partial charge in [0.1, 0.15) is 28.1 Å². The largest absolute Gasteiger partial charge is 0.534 e. The van der Waals surface area contributed by atoms with Crippen molar-refractivity contribution in [2.75, 3.05) is 0 Å². The average molecular weight is 500 g/mol. The Labute approximate surface area is 195 Å². The van der Waals surface area contributed by atoms with E-state index < -0.39 is 21.4 Å². The number of phenolic OH excluding ortho intramolecular Hbond substituents is 1. The summed E-state index contributed by atoms with van der Waals surface area (Å²) in [6.45, 7) is 0. The minimum absolute atomic E-state index is 0.181. The van der Waals surface area contributed by atoms with Crippen molar-refractivity contribution < 1.29 is 39.7 Å². The van der Waals surface area contributed by atoms with E-state index in [1.54, 1.807) is 36.4 Å². The molecule has 0 amide bonds. The van der Waals surface area contributed by atoms with Gasteiger partial charge >= 0.3 is 15.6 Å². The monoisotopic (exact) mass is 500 g/mol. The van der Waals surface area contributed by atoms with Crippen molar-refractivity contribution >= 4 is 54.0 Å². The fourth-order valence-corrected chi connectivity index (χ4v) is 4.20. The van der Waals surface area contributed by atoms with E-state index in [0.29, 0.717) is 11.0 Å². The molecule has 6 nitrogen and oxygen atoms in total. The zero-order valence-corrected chi connectivity index (χ0v) is 18.4. The summed E-state index contributed by atoms with van der Waals surface area (Å²) < 4.78 is 74.8. The SMILES string of the molecule is O=S(=O)(Oc1cccc2oc3ccccc3c12)C(F)(F)F.Oc1cccc2oc3ccccc3c12. The van der Waals surface area contributed by atoms with Crippen LogP contribution in [-0.4, -0.2) is 19.0 Å². The molecule has 0 unspecified atom stereocenters. The van der Waals surface area contributed by atoms with Crippen LogP contribution >= 0.6 is 0 Å². The Bertz CT molecular complexity index is 1800. The zero-order valence-electron chi connectivity index (χ0n) is 17.6. The second kappa shape index (κ2) is 8.24. The summed E-state index contributed by atoms with van der Waals surface area (Å²) in [6, 6.07) is 23.6. The lowest BCUT2D eigenvalue weighted by Gasteiger charge is -2.09. The van der Waals surface area contributed by atoms with Crippen LogP contribution in [0.1, 0.15) is 0 Å². The van der Waals surface area contributed by atoms with E-state index in [-0.39, 0.29) is 16.7 Å². The highest BCUT2D eigenvalue weighted by molar-refractivity contribution is 7.88. The van der Waals surface area contributed by atoms with E-state index in [0.717, 1.165) is 28.0 Å². The second-order valence-corrected chi connectivity index (χ2v) is 9.00. The van der Waals surface area contributed by atoms with Gasteiger partial charge in [-0.15, -0.1) is 0 Å². The van der Waals surface area contributed by atoms with Crippen molar-refractivity contribution in [1.29, 1.82) is 0 Å². The smallest absolute Gasteiger partial charge is 0.507 e. The van der Waals surface area contributed by atoms with Gasteiger partial charge in [0.2, 0.25) is 0 Å². The number of hydrogen-bond acceptors (Lipinski definition) is 6. The van der Waals surface area contributed by atoms with E-state index >= 15 is 0 Å². The van der Waals surface area contributed by atoms with Crippen molar-refractivity contribution in [2.24, 2.45) is 0 Å². The number of aromatic hydroxyl groups is 1. The lowest BCUT2D eigenvalue weighted by atomic mass is 10.1. The summed E-state index contributed by atoms with van der Waals surface area (Å²) in [5.41, 5.74) is -3.29. The Morgan fingerprint density at radius 3 is 1.74 bits per heavy atom. The van der Waals surface area contributed by atoms with E-state index in [2.05, 4.69) is 4.18 Å². The van der Waals surface area contributed by atoms with E-state index in [9.17, 15) is 26.7 Å². The van der Waals surface area contributed by atoms with Crippen molar-refractivity contribution in [2.45, 2.75) is 5.51 Å². The average Bonchev–Trinajstić information content (AvgIpc) is 3.38. The maximum Gasteiger partial charge on any atom is 0.534 e. The van der Waals surface area contributed by atoms with Gasteiger partial charge < -0.3 is 18.1 Å². The topological polar surface area (TPSA) is 89.9 Å². The molecule has 0 saturated carbocycles. The van der Waals surface area contributed by atoms with Crippen molar-refractivity contribution in [1.82, 2.24) is 0 Å². The predicted octanol–water partition coefficient (Wildman–Crippen LogP) is 7.11. The Morgan fingerprint density at radius 2 is 1.14 bits per heavy atom. The van der Waals surface area contributed by atoms with Gasteiger partial charge in [0, 0.05) is 10.8 Å². The molecule has 0 aliphatic rings.